The molecule has 1 aromatic heterocycles. The van der Waals surface area contributed by atoms with Gasteiger partial charge in [-0.2, -0.15) is 0 Å². The largest absolute Gasteiger partial charge is 0.468 e. The Balaban J connectivity index is 3.03. The van der Waals surface area contributed by atoms with Crippen molar-refractivity contribution in [2.75, 3.05) is 25.1 Å². The number of nitrogens with zero attached hydrogens (tertiary/aromatic N) is 3. The number of rotatable bonds is 5. The third-order valence-corrected chi connectivity index (χ3v) is 2.19. The van der Waals surface area contributed by atoms with Crippen LogP contribution in [0.3, 0.4) is 0 Å². The van der Waals surface area contributed by atoms with Gasteiger partial charge in [0, 0.05) is 18.8 Å². The molecule has 0 unspecified atom stereocenters. The molecule has 0 saturated carbocycles. The van der Waals surface area contributed by atoms with E-state index in [0.29, 0.717) is 6.54 Å². The first kappa shape index (κ1) is 12.9. The van der Waals surface area contributed by atoms with E-state index in [4.69, 9.17) is 0 Å². The lowest BCUT2D eigenvalue weighted by Gasteiger charge is -2.19. The van der Waals surface area contributed by atoms with E-state index in [1.54, 1.807) is 6.92 Å². The molecule has 0 radical (unpaired) electrons. The second-order valence-corrected chi connectivity index (χ2v) is 3.19. The molecule has 1 aromatic rings. The molecule has 0 aromatic carbocycles. The van der Waals surface area contributed by atoms with Gasteiger partial charge in [0.2, 0.25) is 5.82 Å². The van der Waals surface area contributed by atoms with Crippen molar-refractivity contribution in [1.82, 2.24) is 4.98 Å². The number of pyridine rings is 1. The molecule has 0 N–H and O–H groups in total. The van der Waals surface area contributed by atoms with Crippen molar-refractivity contribution in [2.24, 2.45) is 0 Å². The van der Waals surface area contributed by atoms with Gasteiger partial charge in [-0.1, -0.05) is 0 Å². The SMILES string of the molecule is CCN(CC(=O)OC)c1ncccc1[N+](=O)[O-]. The summed E-state index contributed by atoms with van der Waals surface area (Å²) >= 11 is 0. The van der Waals surface area contributed by atoms with Crippen LogP contribution in [0.2, 0.25) is 0 Å². The first-order chi connectivity index (χ1) is 8.10. The van der Waals surface area contributed by atoms with E-state index in [-0.39, 0.29) is 18.1 Å². The zero-order chi connectivity index (χ0) is 12.8. The quantitative estimate of drug-likeness (QED) is 0.432. The van der Waals surface area contributed by atoms with Crippen LogP contribution in [-0.4, -0.2) is 36.1 Å². The summed E-state index contributed by atoms with van der Waals surface area (Å²) < 4.78 is 4.53. The first-order valence-electron chi connectivity index (χ1n) is 5.01. The van der Waals surface area contributed by atoms with E-state index in [9.17, 15) is 14.9 Å². The Morgan fingerprint density at radius 1 is 1.65 bits per heavy atom. The van der Waals surface area contributed by atoms with Crippen LogP contribution in [0.15, 0.2) is 18.3 Å². The fourth-order valence-electron chi connectivity index (χ4n) is 1.33. The maximum atomic E-state index is 11.2. The molecule has 92 valence electrons. The Morgan fingerprint density at radius 3 is 2.88 bits per heavy atom. The van der Waals surface area contributed by atoms with Crippen molar-refractivity contribution in [1.29, 1.82) is 0 Å². The number of likely N-dealkylation sites (N-methyl/N-ethyl adjacent to an activating group) is 1. The fourth-order valence-corrected chi connectivity index (χ4v) is 1.33. The molecule has 17 heavy (non-hydrogen) atoms. The van der Waals surface area contributed by atoms with Gasteiger partial charge in [-0.3, -0.25) is 14.9 Å². The van der Waals surface area contributed by atoms with Crippen molar-refractivity contribution in [3.8, 4) is 0 Å². The van der Waals surface area contributed by atoms with Gasteiger partial charge in [-0.15, -0.1) is 0 Å². The number of esters is 1. The summed E-state index contributed by atoms with van der Waals surface area (Å²) in [5.41, 5.74) is -0.127. The maximum absolute atomic E-state index is 11.2. The van der Waals surface area contributed by atoms with Gasteiger partial charge in [-0.05, 0) is 13.0 Å². The standard InChI is InChI=1S/C10H13N3O4/c1-3-12(7-9(14)17-2)10-8(13(15)16)5-4-6-11-10/h4-6H,3,7H2,1-2H3. The second-order valence-electron chi connectivity index (χ2n) is 3.19. The molecule has 0 amide bonds. The van der Waals surface area contributed by atoms with E-state index < -0.39 is 10.9 Å². The summed E-state index contributed by atoms with van der Waals surface area (Å²) in [5, 5.41) is 10.8. The van der Waals surface area contributed by atoms with E-state index in [1.165, 1.54) is 30.3 Å². The van der Waals surface area contributed by atoms with E-state index in [1.807, 2.05) is 0 Å². The number of nitro groups is 1. The molecule has 0 atom stereocenters. The Hall–Kier alpha value is -2.18. The predicted molar refractivity (Wildman–Crippen MR) is 60.8 cm³/mol. The molecule has 0 aliphatic rings. The van der Waals surface area contributed by atoms with Crippen LogP contribution in [0.4, 0.5) is 11.5 Å². The van der Waals surface area contributed by atoms with Crippen LogP contribution in [0.1, 0.15) is 6.92 Å². The van der Waals surface area contributed by atoms with Gasteiger partial charge in [0.25, 0.3) is 0 Å². The van der Waals surface area contributed by atoms with Crippen LogP contribution in [0, 0.1) is 10.1 Å². The maximum Gasteiger partial charge on any atom is 0.325 e. The van der Waals surface area contributed by atoms with E-state index in [0.717, 1.165) is 0 Å². The van der Waals surface area contributed by atoms with E-state index in [2.05, 4.69) is 9.72 Å². The number of hydrogen-bond acceptors (Lipinski definition) is 6. The van der Waals surface area contributed by atoms with Crippen LogP contribution in [-0.2, 0) is 9.53 Å². The molecule has 0 aliphatic carbocycles. The average molecular weight is 239 g/mol. The minimum absolute atomic E-state index is 0.0646. The fraction of sp³-hybridized carbons (Fsp3) is 0.400. The van der Waals surface area contributed by atoms with Crippen LogP contribution in [0.25, 0.3) is 0 Å². The van der Waals surface area contributed by atoms with E-state index >= 15 is 0 Å². The highest BCUT2D eigenvalue weighted by atomic mass is 16.6. The van der Waals surface area contributed by atoms with Gasteiger partial charge in [-0.25, -0.2) is 4.98 Å². The lowest BCUT2D eigenvalue weighted by atomic mass is 10.3. The zero-order valence-electron chi connectivity index (χ0n) is 9.62. The summed E-state index contributed by atoms with van der Waals surface area (Å²) in [4.78, 5) is 26.9. The lowest BCUT2D eigenvalue weighted by molar-refractivity contribution is -0.384. The number of carbonyl (C=O) groups is 1. The molecule has 0 saturated heterocycles. The number of ether oxygens (including phenoxy) is 1. The number of methoxy groups -OCH3 is 1. The molecule has 0 bridgehead atoms. The molecular weight excluding hydrogens is 226 g/mol. The Labute approximate surface area is 98.2 Å². The Bertz CT molecular complexity index is 422. The van der Waals surface area contributed by atoms with Crippen molar-refractivity contribution < 1.29 is 14.5 Å². The number of aromatic nitrogens is 1. The highest BCUT2D eigenvalue weighted by Gasteiger charge is 2.21. The van der Waals surface area contributed by atoms with Gasteiger partial charge in [0.1, 0.15) is 6.54 Å². The topological polar surface area (TPSA) is 85.6 Å². The minimum atomic E-state index is -0.526. The summed E-state index contributed by atoms with van der Waals surface area (Å²) in [5.74, 6) is -0.294. The number of anilines is 1. The van der Waals surface area contributed by atoms with Crippen molar-refractivity contribution >= 4 is 17.5 Å². The molecule has 7 nitrogen and oxygen atoms in total. The molecule has 0 aliphatic heterocycles. The van der Waals surface area contributed by atoms with Crippen LogP contribution in [0.5, 0.6) is 0 Å². The lowest BCUT2D eigenvalue weighted by Crippen LogP contribution is -2.31. The summed E-state index contributed by atoms with van der Waals surface area (Å²) in [6.45, 7) is 2.14. The molecule has 7 heteroatoms. The van der Waals surface area contributed by atoms with Gasteiger partial charge < -0.3 is 9.64 Å². The number of hydrogen-bond donors (Lipinski definition) is 0. The molecule has 1 heterocycles. The van der Waals surface area contributed by atoms with Crippen LogP contribution >= 0.6 is 0 Å². The predicted octanol–water partition coefficient (Wildman–Crippen LogP) is 0.989. The molecule has 0 fully saturated rings. The summed E-state index contributed by atoms with van der Waals surface area (Å²) in [7, 11) is 1.27. The Kier molecular flexibility index (Phi) is 4.38. The van der Waals surface area contributed by atoms with Crippen molar-refractivity contribution in [2.45, 2.75) is 6.92 Å². The monoisotopic (exact) mass is 239 g/mol. The smallest absolute Gasteiger partial charge is 0.325 e. The normalized spacial score (nSPS) is 9.76. The van der Waals surface area contributed by atoms with Crippen LogP contribution < -0.4 is 4.90 Å². The van der Waals surface area contributed by atoms with Gasteiger partial charge >= 0.3 is 11.7 Å². The molecule has 0 spiro atoms. The Morgan fingerprint density at radius 2 is 2.35 bits per heavy atom. The highest BCUT2D eigenvalue weighted by Crippen LogP contribution is 2.24. The third-order valence-electron chi connectivity index (χ3n) is 2.19. The summed E-state index contributed by atoms with van der Waals surface area (Å²) in [6, 6.07) is 2.83. The van der Waals surface area contributed by atoms with Gasteiger partial charge in [0.15, 0.2) is 0 Å². The average Bonchev–Trinajstić information content (AvgIpc) is 2.35. The van der Waals surface area contributed by atoms with Gasteiger partial charge in [0.05, 0.1) is 12.0 Å². The zero-order valence-corrected chi connectivity index (χ0v) is 9.62. The van der Waals surface area contributed by atoms with Crippen molar-refractivity contribution in [3.63, 3.8) is 0 Å². The molecule has 1 rings (SSSR count). The first-order valence-corrected chi connectivity index (χ1v) is 5.01. The highest BCUT2D eigenvalue weighted by molar-refractivity contribution is 5.76. The second kappa shape index (κ2) is 5.78. The minimum Gasteiger partial charge on any atom is -0.468 e. The third kappa shape index (κ3) is 3.13. The number of carbonyl (C=O) groups excluding carboxylic acids is 1. The molecular formula is C10H13N3O4. The van der Waals surface area contributed by atoms with Crippen molar-refractivity contribution in [3.05, 3.63) is 28.4 Å². The summed E-state index contributed by atoms with van der Waals surface area (Å²) in [6.07, 6.45) is 1.45.